The number of furan rings is 1. The van der Waals surface area contributed by atoms with Gasteiger partial charge in [-0.05, 0) is 50.8 Å². The molecule has 1 amide bonds. The molecule has 2 aliphatic rings. The van der Waals surface area contributed by atoms with Gasteiger partial charge in [-0.15, -0.1) is 0 Å². The maximum Gasteiger partial charge on any atom is 0.292 e. The minimum atomic E-state index is -0.466. The van der Waals surface area contributed by atoms with Crippen molar-refractivity contribution in [3.63, 3.8) is 0 Å². The second-order valence-corrected chi connectivity index (χ2v) is 6.51. The largest absolute Gasteiger partial charge is 0.451 e. The minimum Gasteiger partial charge on any atom is -0.451 e. The molecule has 1 aliphatic heterocycles. The fourth-order valence-corrected chi connectivity index (χ4v) is 3.93. The predicted molar refractivity (Wildman–Crippen MR) is 83.7 cm³/mol. The first-order valence-electron chi connectivity index (χ1n) is 8.25. The Labute approximate surface area is 134 Å². The van der Waals surface area contributed by atoms with Crippen LogP contribution in [-0.4, -0.2) is 29.7 Å². The predicted octanol–water partition coefficient (Wildman–Crippen LogP) is 4.01. The molecule has 23 heavy (non-hydrogen) atoms. The Morgan fingerprint density at radius 2 is 2.04 bits per heavy atom. The summed E-state index contributed by atoms with van der Waals surface area (Å²) in [5.41, 5.74) is 0.777. The number of carbonyl (C=O) groups is 1. The standard InChI is InChI=1S/C18H20FNO3/c1-12-14-11-13(19)5-6-15(14)23-16(12)17(21)20-9-10-22-18(20)7-3-2-4-8-18/h5-6,11H,2-4,7-10H2,1H3. The summed E-state index contributed by atoms with van der Waals surface area (Å²) in [4.78, 5) is 14.9. The smallest absolute Gasteiger partial charge is 0.292 e. The molecule has 1 aliphatic carbocycles. The zero-order chi connectivity index (χ0) is 16.0. The van der Waals surface area contributed by atoms with Crippen LogP contribution < -0.4 is 0 Å². The maximum atomic E-state index is 13.5. The lowest BCUT2D eigenvalue weighted by Crippen LogP contribution is -2.49. The number of hydrogen-bond donors (Lipinski definition) is 0. The van der Waals surface area contributed by atoms with Crippen LogP contribution in [0.2, 0.25) is 0 Å². The third-order valence-corrected chi connectivity index (χ3v) is 5.15. The molecule has 2 fully saturated rings. The summed E-state index contributed by atoms with van der Waals surface area (Å²) in [5.74, 6) is -0.159. The molecule has 0 unspecified atom stereocenters. The average Bonchev–Trinajstić information content (AvgIpc) is 3.10. The van der Waals surface area contributed by atoms with E-state index in [0.29, 0.717) is 35.4 Å². The highest BCUT2D eigenvalue weighted by Gasteiger charge is 2.46. The van der Waals surface area contributed by atoms with Gasteiger partial charge in [-0.25, -0.2) is 4.39 Å². The molecule has 1 saturated carbocycles. The van der Waals surface area contributed by atoms with Crippen molar-refractivity contribution in [2.75, 3.05) is 13.2 Å². The molecule has 5 heteroatoms. The van der Waals surface area contributed by atoms with Crippen LogP contribution in [-0.2, 0) is 4.74 Å². The summed E-state index contributed by atoms with van der Waals surface area (Å²) in [7, 11) is 0. The second-order valence-electron chi connectivity index (χ2n) is 6.51. The van der Waals surface area contributed by atoms with Crippen LogP contribution >= 0.6 is 0 Å². The molecular formula is C18H20FNO3. The van der Waals surface area contributed by atoms with Crippen LogP contribution in [0.1, 0.15) is 48.2 Å². The van der Waals surface area contributed by atoms with E-state index >= 15 is 0 Å². The van der Waals surface area contributed by atoms with E-state index in [9.17, 15) is 9.18 Å². The molecule has 0 bridgehead atoms. The summed E-state index contributed by atoms with van der Waals surface area (Å²) in [6.45, 7) is 2.96. The fourth-order valence-electron chi connectivity index (χ4n) is 3.93. The number of aryl methyl sites for hydroxylation is 1. The number of ether oxygens (including phenoxy) is 1. The summed E-state index contributed by atoms with van der Waals surface area (Å²) >= 11 is 0. The molecule has 1 aromatic carbocycles. The van der Waals surface area contributed by atoms with Gasteiger partial charge in [0.1, 0.15) is 17.1 Å². The third kappa shape index (κ3) is 2.26. The van der Waals surface area contributed by atoms with Gasteiger partial charge in [-0.3, -0.25) is 4.79 Å². The van der Waals surface area contributed by atoms with Crippen molar-refractivity contribution in [2.45, 2.75) is 44.8 Å². The summed E-state index contributed by atoms with van der Waals surface area (Å²) in [6, 6.07) is 4.34. The Balaban J connectivity index is 1.72. The lowest BCUT2D eigenvalue weighted by atomic mass is 9.90. The molecule has 1 aromatic heterocycles. The molecule has 1 spiro atoms. The van der Waals surface area contributed by atoms with Crippen LogP contribution in [0, 0.1) is 12.7 Å². The highest BCUT2D eigenvalue weighted by atomic mass is 19.1. The van der Waals surface area contributed by atoms with Gasteiger partial charge in [0.05, 0.1) is 6.61 Å². The van der Waals surface area contributed by atoms with Gasteiger partial charge >= 0.3 is 0 Å². The van der Waals surface area contributed by atoms with Gasteiger partial charge < -0.3 is 14.1 Å². The SMILES string of the molecule is Cc1c(C(=O)N2CCOC23CCCCC3)oc2ccc(F)cc12. The number of benzene rings is 1. The monoisotopic (exact) mass is 317 g/mol. The zero-order valence-corrected chi connectivity index (χ0v) is 13.2. The number of fused-ring (bicyclic) bond motifs is 1. The van der Waals surface area contributed by atoms with Crippen LogP contribution in [0.25, 0.3) is 11.0 Å². The number of halogens is 1. The van der Waals surface area contributed by atoms with Gasteiger partial charge in [0.2, 0.25) is 0 Å². The van der Waals surface area contributed by atoms with E-state index in [1.807, 2.05) is 11.8 Å². The maximum absolute atomic E-state index is 13.5. The van der Waals surface area contributed by atoms with E-state index in [1.165, 1.54) is 18.6 Å². The van der Waals surface area contributed by atoms with Crippen molar-refractivity contribution in [3.8, 4) is 0 Å². The Bertz CT molecular complexity index is 761. The number of amides is 1. The van der Waals surface area contributed by atoms with Crippen molar-refractivity contribution < 1.29 is 18.3 Å². The van der Waals surface area contributed by atoms with Crippen molar-refractivity contribution in [3.05, 3.63) is 35.3 Å². The molecule has 4 nitrogen and oxygen atoms in total. The second kappa shape index (κ2) is 5.34. The highest BCUT2D eigenvalue weighted by molar-refractivity contribution is 5.99. The molecule has 122 valence electrons. The summed E-state index contributed by atoms with van der Waals surface area (Å²) < 4.78 is 25.2. The number of carbonyl (C=O) groups excluding carboxylic acids is 1. The van der Waals surface area contributed by atoms with Crippen molar-refractivity contribution in [2.24, 2.45) is 0 Å². The number of nitrogens with zero attached hydrogens (tertiary/aromatic N) is 1. The van der Waals surface area contributed by atoms with E-state index in [1.54, 1.807) is 6.07 Å². The molecule has 4 rings (SSSR count). The van der Waals surface area contributed by atoms with Crippen LogP contribution in [0.4, 0.5) is 4.39 Å². The number of rotatable bonds is 1. The highest BCUT2D eigenvalue weighted by Crippen LogP contribution is 2.39. The quantitative estimate of drug-likeness (QED) is 0.798. The molecule has 1 saturated heterocycles. The first-order valence-corrected chi connectivity index (χ1v) is 8.25. The van der Waals surface area contributed by atoms with Crippen molar-refractivity contribution in [1.82, 2.24) is 4.90 Å². The van der Waals surface area contributed by atoms with E-state index < -0.39 is 5.72 Å². The summed E-state index contributed by atoms with van der Waals surface area (Å²) in [6.07, 6.45) is 5.11. The van der Waals surface area contributed by atoms with Gasteiger partial charge in [0, 0.05) is 17.5 Å². The van der Waals surface area contributed by atoms with Crippen molar-refractivity contribution >= 4 is 16.9 Å². The minimum absolute atomic E-state index is 0.140. The lowest BCUT2D eigenvalue weighted by molar-refractivity contribution is -0.0925. The van der Waals surface area contributed by atoms with Gasteiger partial charge in [0.25, 0.3) is 5.91 Å². The van der Waals surface area contributed by atoms with E-state index in [-0.39, 0.29) is 11.7 Å². The van der Waals surface area contributed by atoms with Crippen LogP contribution in [0.15, 0.2) is 22.6 Å². The fraction of sp³-hybridized carbons (Fsp3) is 0.500. The van der Waals surface area contributed by atoms with Gasteiger partial charge in [-0.2, -0.15) is 0 Å². The van der Waals surface area contributed by atoms with Crippen LogP contribution in [0.5, 0.6) is 0 Å². The zero-order valence-electron chi connectivity index (χ0n) is 13.2. The topological polar surface area (TPSA) is 42.7 Å². The Morgan fingerprint density at radius 3 is 2.83 bits per heavy atom. The van der Waals surface area contributed by atoms with E-state index in [0.717, 1.165) is 25.7 Å². The van der Waals surface area contributed by atoms with Gasteiger partial charge in [0.15, 0.2) is 5.76 Å². The molecule has 2 aromatic rings. The molecule has 0 atom stereocenters. The number of hydrogen-bond acceptors (Lipinski definition) is 3. The van der Waals surface area contributed by atoms with Crippen LogP contribution in [0.3, 0.4) is 0 Å². The molecule has 2 heterocycles. The van der Waals surface area contributed by atoms with E-state index in [4.69, 9.17) is 9.15 Å². The normalized spacial score (nSPS) is 20.5. The third-order valence-electron chi connectivity index (χ3n) is 5.15. The Hall–Kier alpha value is -1.88. The molecule has 0 radical (unpaired) electrons. The van der Waals surface area contributed by atoms with Gasteiger partial charge in [-0.1, -0.05) is 6.42 Å². The first kappa shape index (κ1) is 14.7. The molecule has 0 N–H and O–H groups in total. The first-order chi connectivity index (χ1) is 11.1. The summed E-state index contributed by atoms with van der Waals surface area (Å²) in [5, 5.41) is 0.658. The Morgan fingerprint density at radius 1 is 1.26 bits per heavy atom. The van der Waals surface area contributed by atoms with Crippen molar-refractivity contribution in [1.29, 1.82) is 0 Å². The lowest BCUT2D eigenvalue weighted by Gasteiger charge is -2.39. The Kier molecular flexibility index (Phi) is 3.41. The molecular weight excluding hydrogens is 297 g/mol. The average molecular weight is 317 g/mol. The van der Waals surface area contributed by atoms with E-state index in [2.05, 4.69) is 0 Å².